The van der Waals surface area contributed by atoms with Crippen molar-refractivity contribution in [3.05, 3.63) is 121 Å². The lowest BCUT2D eigenvalue weighted by atomic mass is 9.91. The molecule has 8 aromatic rings. The van der Waals surface area contributed by atoms with Crippen molar-refractivity contribution in [2.24, 2.45) is 5.73 Å². The third-order valence-corrected chi connectivity index (χ3v) is 7.80. The third kappa shape index (κ3) is 3.03. The summed E-state index contributed by atoms with van der Waals surface area (Å²) in [6.45, 7) is 0. The van der Waals surface area contributed by atoms with Crippen molar-refractivity contribution in [1.29, 1.82) is 0 Å². The summed E-state index contributed by atoms with van der Waals surface area (Å²) in [6.07, 6.45) is 0. The first-order chi connectivity index (χ1) is 18.1. The fourth-order valence-electron chi connectivity index (χ4n) is 6.02. The molecule has 2 heteroatoms. The van der Waals surface area contributed by atoms with E-state index in [1.165, 1.54) is 32.3 Å². The maximum absolute atomic E-state index is 12.8. The summed E-state index contributed by atoms with van der Waals surface area (Å²) in [4.78, 5) is 12.8. The van der Waals surface area contributed by atoms with Gasteiger partial charge in [-0.15, -0.1) is 0 Å². The van der Waals surface area contributed by atoms with Crippen molar-refractivity contribution in [3.8, 4) is 0 Å². The molecular formula is C35H21NO. The number of carbonyl (C=O) groups is 1. The van der Waals surface area contributed by atoms with Gasteiger partial charge in [0.2, 0.25) is 5.91 Å². The molecule has 0 saturated carbocycles. The Hall–Kier alpha value is -4.95. The van der Waals surface area contributed by atoms with Crippen LogP contribution in [0, 0.1) is 0 Å². The van der Waals surface area contributed by atoms with E-state index in [0.717, 1.165) is 43.1 Å². The third-order valence-electron chi connectivity index (χ3n) is 7.80. The molecule has 8 rings (SSSR count). The first-order valence-corrected chi connectivity index (χ1v) is 12.5. The van der Waals surface area contributed by atoms with E-state index in [2.05, 4.69) is 103 Å². The molecule has 0 aliphatic heterocycles. The molecule has 0 aliphatic carbocycles. The van der Waals surface area contributed by atoms with Gasteiger partial charge in [-0.3, -0.25) is 4.79 Å². The Bertz CT molecular complexity index is 2280. The van der Waals surface area contributed by atoms with Crippen molar-refractivity contribution in [3.63, 3.8) is 0 Å². The van der Waals surface area contributed by atoms with Gasteiger partial charge in [0.1, 0.15) is 0 Å². The van der Waals surface area contributed by atoms with Gasteiger partial charge < -0.3 is 5.73 Å². The molecule has 0 fully saturated rings. The standard InChI is InChI=1S/C35H21NO/c36-35(37)34-32-18-23-8-4-3-7-22(23)11-30(32)17-31-16-28-14-26-12-24-9-20-5-1-2-6-21(20)10-25(24)13-27(26)15-29(28)19-33(31)34/h1-19H,(H2,36,37). The van der Waals surface area contributed by atoms with Crippen LogP contribution in [0.2, 0.25) is 0 Å². The minimum absolute atomic E-state index is 0.399. The topological polar surface area (TPSA) is 43.1 Å². The highest BCUT2D eigenvalue weighted by Gasteiger charge is 2.15. The van der Waals surface area contributed by atoms with Gasteiger partial charge in [0.25, 0.3) is 0 Å². The molecule has 2 nitrogen and oxygen atoms in total. The van der Waals surface area contributed by atoms with Crippen LogP contribution < -0.4 is 5.73 Å². The Balaban J connectivity index is 1.45. The quantitative estimate of drug-likeness (QED) is 0.239. The van der Waals surface area contributed by atoms with E-state index in [9.17, 15) is 4.79 Å². The van der Waals surface area contributed by atoms with E-state index < -0.39 is 5.91 Å². The van der Waals surface area contributed by atoms with Crippen LogP contribution in [0.1, 0.15) is 10.4 Å². The van der Waals surface area contributed by atoms with Gasteiger partial charge in [-0.25, -0.2) is 0 Å². The summed E-state index contributed by atoms with van der Waals surface area (Å²) >= 11 is 0. The van der Waals surface area contributed by atoms with Crippen LogP contribution in [0.25, 0.3) is 75.4 Å². The number of carbonyl (C=O) groups excluding carboxylic acids is 1. The van der Waals surface area contributed by atoms with Crippen molar-refractivity contribution in [2.75, 3.05) is 0 Å². The molecule has 0 spiro atoms. The van der Waals surface area contributed by atoms with E-state index in [1.54, 1.807) is 0 Å². The van der Waals surface area contributed by atoms with Crippen LogP contribution in [0.4, 0.5) is 0 Å². The highest BCUT2D eigenvalue weighted by Crippen LogP contribution is 2.36. The number of benzene rings is 8. The van der Waals surface area contributed by atoms with E-state index in [4.69, 9.17) is 5.73 Å². The fourth-order valence-corrected chi connectivity index (χ4v) is 6.02. The lowest BCUT2D eigenvalue weighted by Gasteiger charge is -2.13. The zero-order valence-corrected chi connectivity index (χ0v) is 20.0. The SMILES string of the molecule is NC(=O)c1c2cc3ccccc3cc2cc2cc3cc4cc5cc6ccccc6cc5cc4cc3cc12. The zero-order valence-electron chi connectivity index (χ0n) is 20.0. The van der Waals surface area contributed by atoms with Gasteiger partial charge in [-0.2, -0.15) is 0 Å². The Kier molecular flexibility index (Phi) is 3.99. The molecule has 8 aromatic carbocycles. The van der Waals surface area contributed by atoms with Gasteiger partial charge in [0, 0.05) is 0 Å². The number of rotatable bonds is 1. The van der Waals surface area contributed by atoms with Crippen LogP contribution in [0.15, 0.2) is 115 Å². The first-order valence-electron chi connectivity index (χ1n) is 12.5. The molecule has 0 unspecified atom stereocenters. The predicted octanol–water partition coefficient (Wildman–Crippen LogP) is 8.86. The summed E-state index contributed by atoms with van der Waals surface area (Å²) < 4.78 is 0. The highest BCUT2D eigenvalue weighted by atomic mass is 16.1. The smallest absolute Gasteiger partial charge is 0.249 e. The largest absolute Gasteiger partial charge is 0.366 e. The minimum Gasteiger partial charge on any atom is -0.366 e. The second-order valence-corrected chi connectivity index (χ2v) is 10.1. The Morgan fingerprint density at radius 3 is 1.08 bits per heavy atom. The first kappa shape index (κ1) is 20.3. The molecule has 0 aromatic heterocycles. The Morgan fingerprint density at radius 2 is 0.649 bits per heavy atom. The number of hydrogen-bond acceptors (Lipinski definition) is 1. The average Bonchev–Trinajstić information content (AvgIpc) is 2.90. The van der Waals surface area contributed by atoms with Crippen LogP contribution in [-0.4, -0.2) is 5.91 Å². The highest BCUT2D eigenvalue weighted by molar-refractivity contribution is 6.22. The molecular weight excluding hydrogens is 450 g/mol. The summed E-state index contributed by atoms with van der Waals surface area (Å²) in [7, 11) is 0. The average molecular weight is 472 g/mol. The fraction of sp³-hybridized carbons (Fsp3) is 0. The van der Waals surface area contributed by atoms with Gasteiger partial charge in [0.05, 0.1) is 5.56 Å². The van der Waals surface area contributed by atoms with Crippen LogP contribution in [-0.2, 0) is 0 Å². The van der Waals surface area contributed by atoms with Crippen molar-refractivity contribution in [2.45, 2.75) is 0 Å². The lowest BCUT2D eigenvalue weighted by molar-refractivity contribution is 0.100. The van der Waals surface area contributed by atoms with E-state index in [1.807, 2.05) is 12.1 Å². The normalized spacial score (nSPS) is 12.0. The Morgan fingerprint density at radius 1 is 0.378 bits per heavy atom. The van der Waals surface area contributed by atoms with E-state index in [0.29, 0.717) is 5.56 Å². The molecule has 1 amide bonds. The summed E-state index contributed by atoms with van der Waals surface area (Å²) in [5.74, 6) is -0.399. The Labute approximate surface area is 212 Å². The van der Waals surface area contributed by atoms with Crippen LogP contribution >= 0.6 is 0 Å². The molecule has 172 valence electrons. The zero-order chi connectivity index (χ0) is 24.7. The van der Waals surface area contributed by atoms with Gasteiger partial charge in [-0.1, -0.05) is 48.5 Å². The monoisotopic (exact) mass is 471 g/mol. The van der Waals surface area contributed by atoms with E-state index in [-0.39, 0.29) is 0 Å². The second kappa shape index (κ2) is 7.28. The molecule has 0 radical (unpaired) electrons. The number of hydrogen-bond donors (Lipinski definition) is 1. The minimum atomic E-state index is -0.399. The van der Waals surface area contributed by atoms with E-state index >= 15 is 0 Å². The molecule has 0 bridgehead atoms. The molecule has 0 aliphatic rings. The van der Waals surface area contributed by atoms with Crippen molar-refractivity contribution >= 4 is 81.3 Å². The molecule has 0 atom stereocenters. The number of amides is 1. The van der Waals surface area contributed by atoms with Crippen molar-refractivity contribution < 1.29 is 4.79 Å². The van der Waals surface area contributed by atoms with Gasteiger partial charge in [0.15, 0.2) is 0 Å². The van der Waals surface area contributed by atoms with Crippen LogP contribution in [0.5, 0.6) is 0 Å². The predicted molar refractivity (Wildman–Crippen MR) is 158 cm³/mol. The van der Waals surface area contributed by atoms with Crippen molar-refractivity contribution in [1.82, 2.24) is 0 Å². The number of nitrogens with two attached hydrogens (primary N) is 1. The maximum atomic E-state index is 12.8. The number of fused-ring (bicyclic) bond motifs is 7. The summed E-state index contributed by atoms with van der Waals surface area (Å²) in [5, 5.41) is 15.7. The molecule has 37 heavy (non-hydrogen) atoms. The summed E-state index contributed by atoms with van der Waals surface area (Å²) in [6, 6.07) is 41.0. The maximum Gasteiger partial charge on any atom is 0.249 e. The summed E-state index contributed by atoms with van der Waals surface area (Å²) in [5.41, 5.74) is 6.58. The molecule has 0 heterocycles. The second-order valence-electron chi connectivity index (χ2n) is 10.1. The lowest BCUT2D eigenvalue weighted by Crippen LogP contribution is -2.12. The number of primary amides is 1. The molecule has 0 saturated heterocycles. The van der Waals surface area contributed by atoms with Gasteiger partial charge >= 0.3 is 0 Å². The molecule has 2 N–H and O–H groups in total. The van der Waals surface area contributed by atoms with Gasteiger partial charge in [-0.05, 0) is 142 Å². The van der Waals surface area contributed by atoms with Crippen LogP contribution in [0.3, 0.4) is 0 Å².